The standard InChI is InChI=1S/C33H36ClN5O3/c1-2-7-29(40)37-16-18-38(19-17-37)31-25-21-41-28(24-10-3-8-23-9-4-11-26(34)30(23)24)20-27(25)35-32(36-31)42-22-33-12-5-14-39(33)15-6-13-33/h3-4,8-11,28H,5-6,12-22H2,1H3. The monoisotopic (exact) mass is 585 g/mol. The smallest absolute Gasteiger partial charge is 0.318 e. The van der Waals surface area contributed by atoms with Crippen LogP contribution in [0, 0.1) is 11.8 Å². The van der Waals surface area contributed by atoms with Gasteiger partial charge in [0.15, 0.2) is 0 Å². The fourth-order valence-corrected chi connectivity index (χ4v) is 7.61. The molecule has 9 heteroatoms. The van der Waals surface area contributed by atoms with Gasteiger partial charge < -0.3 is 19.3 Å². The second kappa shape index (κ2) is 11.4. The third-order valence-electron chi connectivity index (χ3n) is 9.47. The molecule has 4 aliphatic rings. The van der Waals surface area contributed by atoms with Gasteiger partial charge in [0.1, 0.15) is 12.4 Å². The first-order valence-corrected chi connectivity index (χ1v) is 15.5. The van der Waals surface area contributed by atoms with Crippen LogP contribution in [0.2, 0.25) is 5.02 Å². The lowest BCUT2D eigenvalue weighted by atomic mass is 9.94. The van der Waals surface area contributed by atoms with Crippen molar-refractivity contribution in [2.75, 3.05) is 50.8 Å². The van der Waals surface area contributed by atoms with Crippen molar-refractivity contribution in [3.63, 3.8) is 0 Å². The number of amides is 1. The largest absolute Gasteiger partial charge is 0.461 e. The lowest BCUT2D eigenvalue weighted by Gasteiger charge is -2.37. The van der Waals surface area contributed by atoms with Crippen molar-refractivity contribution in [2.45, 2.75) is 57.3 Å². The quantitative estimate of drug-likeness (QED) is 0.399. The minimum Gasteiger partial charge on any atom is -0.461 e. The summed E-state index contributed by atoms with van der Waals surface area (Å²) in [5.74, 6) is 6.12. The summed E-state index contributed by atoms with van der Waals surface area (Å²) >= 11 is 6.69. The maximum absolute atomic E-state index is 12.4. The van der Waals surface area contributed by atoms with Gasteiger partial charge in [-0.1, -0.05) is 47.9 Å². The van der Waals surface area contributed by atoms with Gasteiger partial charge in [0.25, 0.3) is 5.91 Å². The Kier molecular flexibility index (Phi) is 7.43. The van der Waals surface area contributed by atoms with Gasteiger partial charge in [-0.3, -0.25) is 9.69 Å². The van der Waals surface area contributed by atoms with E-state index in [0.29, 0.717) is 51.8 Å². The Bertz CT molecular complexity index is 1560. The summed E-state index contributed by atoms with van der Waals surface area (Å²) < 4.78 is 13.0. The number of carbonyl (C=O) groups is 1. The number of benzene rings is 2. The zero-order chi connectivity index (χ0) is 28.7. The number of hydrogen-bond donors (Lipinski definition) is 0. The van der Waals surface area contributed by atoms with Gasteiger partial charge in [-0.2, -0.15) is 9.97 Å². The summed E-state index contributed by atoms with van der Waals surface area (Å²) in [6.07, 6.45) is 5.19. The molecule has 0 radical (unpaired) electrons. The Morgan fingerprint density at radius 3 is 2.60 bits per heavy atom. The van der Waals surface area contributed by atoms with Crippen molar-refractivity contribution in [3.8, 4) is 17.9 Å². The first kappa shape index (κ1) is 27.5. The lowest BCUT2D eigenvalue weighted by Crippen LogP contribution is -2.49. The Hall–Kier alpha value is -3.38. The van der Waals surface area contributed by atoms with E-state index in [1.807, 2.05) is 17.0 Å². The molecule has 3 aromatic rings. The van der Waals surface area contributed by atoms with Gasteiger partial charge in [0.2, 0.25) is 0 Å². The highest BCUT2D eigenvalue weighted by atomic mass is 35.5. The average Bonchev–Trinajstić information content (AvgIpc) is 3.60. The van der Waals surface area contributed by atoms with E-state index in [-0.39, 0.29) is 17.6 Å². The van der Waals surface area contributed by atoms with Crippen molar-refractivity contribution in [1.82, 2.24) is 19.8 Å². The molecule has 0 aliphatic carbocycles. The van der Waals surface area contributed by atoms with Crippen molar-refractivity contribution in [3.05, 3.63) is 58.2 Å². The van der Waals surface area contributed by atoms with Crippen LogP contribution in [0.1, 0.15) is 55.5 Å². The topological polar surface area (TPSA) is 71.0 Å². The molecule has 0 bridgehead atoms. The van der Waals surface area contributed by atoms with Crippen LogP contribution >= 0.6 is 11.6 Å². The van der Waals surface area contributed by atoms with Crippen molar-refractivity contribution in [2.24, 2.45) is 0 Å². The molecular weight excluding hydrogens is 550 g/mol. The molecule has 7 rings (SSSR count). The van der Waals surface area contributed by atoms with E-state index < -0.39 is 0 Å². The maximum atomic E-state index is 12.4. The molecule has 2 aromatic carbocycles. The van der Waals surface area contributed by atoms with Crippen molar-refractivity contribution >= 4 is 34.1 Å². The Balaban J connectivity index is 1.20. The number of nitrogens with zero attached hydrogens (tertiary/aromatic N) is 5. The van der Waals surface area contributed by atoms with Crippen molar-refractivity contribution < 1.29 is 14.3 Å². The highest BCUT2D eigenvalue weighted by Crippen LogP contribution is 2.41. The van der Waals surface area contributed by atoms with Gasteiger partial charge in [-0.05, 0) is 68.6 Å². The van der Waals surface area contributed by atoms with Crippen LogP contribution in [0.15, 0.2) is 36.4 Å². The minimum absolute atomic E-state index is 0.108. The number of halogens is 1. The van der Waals surface area contributed by atoms with Gasteiger partial charge in [-0.15, -0.1) is 0 Å². The second-order valence-electron chi connectivity index (χ2n) is 11.8. The number of fused-ring (bicyclic) bond motifs is 3. The predicted molar refractivity (Wildman–Crippen MR) is 163 cm³/mol. The zero-order valence-corrected chi connectivity index (χ0v) is 24.8. The minimum atomic E-state index is -0.183. The molecule has 1 unspecified atom stereocenters. The van der Waals surface area contributed by atoms with Crippen LogP contribution in [0.3, 0.4) is 0 Å². The molecule has 0 N–H and O–H groups in total. The number of aromatic nitrogens is 2. The SMILES string of the molecule is CC#CC(=O)N1CCN(c2nc(OCC34CCCN3CCC4)nc3c2COC(c2cccc4cccc(Cl)c24)C3)CC1. The highest BCUT2D eigenvalue weighted by Gasteiger charge is 2.45. The summed E-state index contributed by atoms with van der Waals surface area (Å²) in [7, 11) is 0. The van der Waals surface area contributed by atoms with Crippen LogP contribution in [0.4, 0.5) is 5.82 Å². The molecule has 42 heavy (non-hydrogen) atoms. The van der Waals surface area contributed by atoms with Crippen molar-refractivity contribution in [1.29, 1.82) is 0 Å². The molecule has 0 spiro atoms. The number of ether oxygens (including phenoxy) is 2. The Morgan fingerprint density at radius 2 is 1.83 bits per heavy atom. The Morgan fingerprint density at radius 1 is 1.07 bits per heavy atom. The molecule has 1 amide bonds. The average molecular weight is 586 g/mol. The third-order valence-corrected chi connectivity index (χ3v) is 9.79. The molecule has 4 aliphatic heterocycles. The van der Waals surface area contributed by atoms with E-state index in [9.17, 15) is 4.79 Å². The third kappa shape index (κ3) is 4.98. The highest BCUT2D eigenvalue weighted by molar-refractivity contribution is 6.35. The molecule has 3 fully saturated rings. The molecule has 1 atom stereocenters. The lowest BCUT2D eigenvalue weighted by molar-refractivity contribution is -0.125. The molecular formula is C33H36ClN5O3. The van der Waals surface area contributed by atoms with E-state index in [1.165, 1.54) is 25.7 Å². The second-order valence-corrected chi connectivity index (χ2v) is 12.2. The molecule has 0 saturated carbocycles. The van der Waals surface area contributed by atoms with Gasteiger partial charge >= 0.3 is 6.01 Å². The zero-order valence-electron chi connectivity index (χ0n) is 24.1. The van der Waals surface area contributed by atoms with E-state index in [2.05, 4.69) is 45.9 Å². The van der Waals surface area contributed by atoms with Gasteiger partial charge in [-0.25, -0.2) is 0 Å². The molecule has 5 heterocycles. The van der Waals surface area contributed by atoms with Crippen LogP contribution in [-0.4, -0.2) is 77.1 Å². The number of hydrogen-bond acceptors (Lipinski definition) is 7. The molecule has 1 aromatic heterocycles. The van der Waals surface area contributed by atoms with E-state index in [1.54, 1.807) is 6.92 Å². The maximum Gasteiger partial charge on any atom is 0.318 e. The molecule has 8 nitrogen and oxygen atoms in total. The summed E-state index contributed by atoms with van der Waals surface area (Å²) in [4.78, 5) is 29.0. The van der Waals surface area contributed by atoms with Gasteiger partial charge in [0, 0.05) is 48.6 Å². The number of carbonyl (C=O) groups excluding carboxylic acids is 1. The predicted octanol–water partition coefficient (Wildman–Crippen LogP) is 4.78. The fraction of sp³-hybridized carbons (Fsp3) is 0.485. The van der Waals surface area contributed by atoms with E-state index >= 15 is 0 Å². The first-order chi connectivity index (χ1) is 20.5. The Labute approximate surface area is 251 Å². The first-order valence-electron chi connectivity index (χ1n) is 15.1. The van der Waals surface area contributed by atoms with Crippen LogP contribution in [0.5, 0.6) is 6.01 Å². The fourth-order valence-electron chi connectivity index (χ4n) is 7.31. The van der Waals surface area contributed by atoms with Crippen LogP contribution in [0.25, 0.3) is 10.8 Å². The summed E-state index contributed by atoms with van der Waals surface area (Å²) in [6.45, 7) is 7.53. The number of piperazine rings is 1. The van der Waals surface area contributed by atoms with Crippen LogP contribution in [-0.2, 0) is 22.6 Å². The summed E-state index contributed by atoms with van der Waals surface area (Å²) in [6, 6.07) is 12.7. The molecule has 218 valence electrons. The summed E-state index contributed by atoms with van der Waals surface area (Å²) in [5, 5.41) is 2.85. The molecule has 3 saturated heterocycles. The summed E-state index contributed by atoms with van der Waals surface area (Å²) in [5.41, 5.74) is 3.14. The van der Waals surface area contributed by atoms with Gasteiger partial charge in [0.05, 0.1) is 23.9 Å². The number of anilines is 1. The number of rotatable bonds is 5. The normalized spacial score (nSPS) is 21.5. The van der Waals surface area contributed by atoms with E-state index in [4.69, 9.17) is 31.0 Å². The van der Waals surface area contributed by atoms with E-state index in [0.717, 1.165) is 51.5 Å². The van der Waals surface area contributed by atoms with Crippen LogP contribution < -0.4 is 9.64 Å².